The minimum absolute atomic E-state index is 0.0117. The summed E-state index contributed by atoms with van der Waals surface area (Å²) in [5.41, 5.74) is -1.43. The number of benzene rings is 2. The number of hydrogen-bond acceptors (Lipinski definition) is 5. The number of carbonyl (C=O) groups excluding carboxylic acids is 1. The molecule has 0 fully saturated rings. The minimum atomic E-state index is -4.78. The van der Waals surface area contributed by atoms with E-state index < -0.39 is 18.2 Å². The van der Waals surface area contributed by atoms with Crippen molar-refractivity contribution < 1.29 is 22.8 Å². The van der Waals surface area contributed by atoms with Gasteiger partial charge in [0.05, 0.1) is 12.1 Å². The van der Waals surface area contributed by atoms with E-state index in [1.165, 1.54) is 6.07 Å². The molecule has 1 aliphatic rings. The fourth-order valence-corrected chi connectivity index (χ4v) is 4.19. The number of Topliss-reactive ketones (excluding diaryl/α,β-unsaturated/α-hetero) is 1. The second kappa shape index (κ2) is 8.76. The van der Waals surface area contributed by atoms with Crippen LogP contribution in [0.5, 0.6) is 0 Å². The Labute approximate surface area is 197 Å². The van der Waals surface area contributed by atoms with E-state index in [1.54, 1.807) is 43.6 Å². The summed E-state index contributed by atoms with van der Waals surface area (Å²) < 4.78 is 42.5. The third-order valence-corrected chi connectivity index (χ3v) is 5.75. The predicted octanol–water partition coefficient (Wildman–Crippen LogP) is 6.10. The molecule has 170 valence electrons. The Morgan fingerprint density at radius 2 is 1.76 bits per heavy atom. The van der Waals surface area contributed by atoms with Gasteiger partial charge in [-0.3, -0.25) is 4.79 Å². The molecule has 1 atom stereocenters. The van der Waals surface area contributed by atoms with Crippen LogP contribution < -0.4 is 0 Å². The zero-order valence-electron chi connectivity index (χ0n) is 17.2. The number of nitrogens with zero attached hydrogens (tertiary/aromatic N) is 3. The molecule has 2 aromatic carbocycles. The zero-order chi connectivity index (χ0) is 23.8. The fraction of sp³-hybridized carbons (Fsp3) is 0.217. The molecule has 0 radical (unpaired) electrons. The number of aryl methyl sites for hydroxylation is 1. The summed E-state index contributed by atoms with van der Waals surface area (Å²) in [6, 6.07) is 10.0. The van der Waals surface area contributed by atoms with Gasteiger partial charge in [-0.15, -0.1) is 0 Å². The Balaban J connectivity index is 1.61. The SMILES string of the molecule is Cc1cc(C2=NOC(c3cc(Cl)cc(Cl)c3)(C(F)(F)F)C2)ccc1C(=O)Cc1ncccn1. The van der Waals surface area contributed by atoms with Crippen molar-refractivity contribution in [3.63, 3.8) is 0 Å². The van der Waals surface area contributed by atoms with E-state index in [-0.39, 0.29) is 33.5 Å². The van der Waals surface area contributed by atoms with Crippen molar-refractivity contribution in [2.75, 3.05) is 0 Å². The van der Waals surface area contributed by atoms with Gasteiger partial charge in [0.25, 0.3) is 5.60 Å². The number of ketones is 1. The van der Waals surface area contributed by atoms with Crippen LogP contribution in [0.1, 0.15) is 39.3 Å². The molecule has 5 nitrogen and oxygen atoms in total. The standard InChI is InChI=1S/C23H16Cl2F3N3O2/c1-13-7-14(3-4-18(13)20(32)11-21-29-5-2-6-30-21)19-12-22(33-31-19,23(26,27)28)15-8-16(24)10-17(25)9-15/h2-10H,11-12H2,1H3. The number of rotatable bonds is 5. The van der Waals surface area contributed by atoms with Crippen LogP contribution in [0.3, 0.4) is 0 Å². The molecule has 0 aliphatic carbocycles. The number of hydrogen-bond donors (Lipinski definition) is 0. The number of carbonyl (C=O) groups is 1. The Kier molecular flexibility index (Phi) is 6.16. The lowest BCUT2D eigenvalue weighted by Crippen LogP contribution is -2.42. The van der Waals surface area contributed by atoms with Gasteiger partial charge in [0.15, 0.2) is 5.78 Å². The maximum absolute atomic E-state index is 14.2. The van der Waals surface area contributed by atoms with Crippen LogP contribution in [-0.4, -0.2) is 27.6 Å². The summed E-state index contributed by atoms with van der Waals surface area (Å²) in [5.74, 6) is 0.183. The molecule has 0 bridgehead atoms. The molecule has 1 unspecified atom stereocenters. The minimum Gasteiger partial charge on any atom is -0.374 e. The highest BCUT2D eigenvalue weighted by Crippen LogP contribution is 2.49. The molecule has 4 rings (SSSR count). The largest absolute Gasteiger partial charge is 0.435 e. The quantitative estimate of drug-likeness (QED) is 0.402. The Bertz CT molecular complexity index is 1230. The highest BCUT2D eigenvalue weighted by Gasteiger charge is 2.62. The average Bonchev–Trinajstić information content (AvgIpc) is 3.21. The summed E-state index contributed by atoms with van der Waals surface area (Å²) >= 11 is 11.9. The van der Waals surface area contributed by atoms with E-state index in [1.807, 2.05) is 0 Å². The molecular formula is C23H16Cl2F3N3O2. The van der Waals surface area contributed by atoms with Gasteiger partial charge in [-0.05, 0) is 48.4 Å². The van der Waals surface area contributed by atoms with Gasteiger partial charge in [-0.25, -0.2) is 9.97 Å². The summed E-state index contributed by atoms with van der Waals surface area (Å²) in [6.45, 7) is 1.70. The van der Waals surface area contributed by atoms with Crippen LogP contribution in [0, 0.1) is 6.92 Å². The monoisotopic (exact) mass is 493 g/mol. The smallest absolute Gasteiger partial charge is 0.374 e. The molecule has 33 heavy (non-hydrogen) atoms. The first-order chi connectivity index (χ1) is 15.6. The second-order valence-electron chi connectivity index (χ2n) is 7.58. The first-order valence-electron chi connectivity index (χ1n) is 9.77. The predicted molar refractivity (Wildman–Crippen MR) is 118 cm³/mol. The number of oxime groups is 1. The molecule has 0 saturated carbocycles. The van der Waals surface area contributed by atoms with Crippen molar-refractivity contribution in [1.82, 2.24) is 9.97 Å². The van der Waals surface area contributed by atoms with Crippen molar-refractivity contribution in [1.29, 1.82) is 0 Å². The van der Waals surface area contributed by atoms with Gasteiger partial charge < -0.3 is 4.84 Å². The van der Waals surface area contributed by atoms with Crippen molar-refractivity contribution >= 4 is 34.7 Å². The normalized spacial score (nSPS) is 18.1. The van der Waals surface area contributed by atoms with Crippen LogP contribution in [0.25, 0.3) is 0 Å². The topological polar surface area (TPSA) is 64.4 Å². The van der Waals surface area contributed by atoms with E-state index in [0.29, 0.717) is 22.5 Å². The van der Waals surface area contributed by atoms with Gasteiger partial charge in [0, 0.05) is 40.0 Å². The lowest BCUT2D eigenvalue weighted by atomic mass is 9.86. The molecule has 0 saturated heterocycles. The van der Waals surface area contributed by atoms with E-state index in [4.69, 9.17) is 28.0 Å². The Morgan fingerprint density at radius 3 is 2.36 bits per heavy atom. The lowest BCUT2D eigenvalue weighted by Gasteiger charge is -2.29. The molecule has 2 heterocycles. The van der Waals surface area contributed by atoms with Crippen LogP contribution in [-0.2, 0) is 16.9 Å². The van der Waals surface area contributed by atoms with Crippen LogP contribution >= 0.6 is 23.2 Å². The molecule has 3 aromatic rings. The molecule has 0 spiro atoms. The van der Waals surface area contributed by atoms with E-state index in [0.717, 1.165) is 12.1 Å². The number of halogens is 5. The average molecular weight is 494 g/mol. The summed E-state index contributed by atoms with van der Waals surface area (Å²) in [4.78, 5) is 25.8. The van der Waals surface area contributed by atoms with Gasteiger partial charge in [0.1, 0.15) is 5.82 Å². The highest BCUT2D eigenvalue weighted by atomic mass is 35.5. The van der Waals surface area contributed by atoms with Crippen LogP contribution in [0.4, 0.5) is 13.2 Å². The van der Waals surface area contributed by atoms with E-state index in [9.17, 15) is 18.0 Å². The zero-order valence-corrected chi connectivity index (χ0v) is 18.7. The third-order valence-electron chi connectivity index (χ3n) is 5.31. The summed E-state index contributed by atoms with van der Waals surface area (Å²) in [7, 11) is 0. The van der Waals surface area contributed by atoms with Crippen LogP contribution in [0.2, 0.25) is 10.0 Å². The van der Waals surface area contributed by atoms with Gasteiger partial charge in [-0.1, -0.05) is 40.5 Å². The molecule has 0 amide bonds. The number of alkyl halides is 3. The molecule has 0 N–H and O–H groups in total. The van der Waals surface area contributed by atoms with Crippen molar-refractivity contribution in [3.8, 4) is 0 Å². The van der Waals surface area contributed by atoms with Crippen molar-refractivity contribution in [2.45, 2.75) is 31.5 Å². The Morgan fingerprint density at radius 1 is 1.09 bits per heavy atom. The fourth-order valence-electron chi connectivity index (χ4n) is 3.66. The number of aromatic nitrogens is 2. The van der Waals surface area contributed by atoms with E-state index in [2.05, 4.69) is 15.1 Å². The first-order valence-corrected chi connectivity index (χ1v) is 10.5. The highest BCUT2D eigenvalue weighted by molar-refractivity contribution is 6.34. The second-order valence-corrected chi connectivity index (χ2v) is 8.46. The van der Waals surface area contributed by atoms with Crippen molar-refractivity contribution in [3.05, 3.63) is 93.0 Å². The maximum atomic E-state index is 14.2. The lowest BCUT2D eigenvalue weighted by molar-refractivity contribution is -0.275. The maximum Gasteiger partial charge on any atom is 0.435 e. The molecule has 1 aromatic heterocycles. The summed E-state index contributed by atoms with van der Waals surface area (Å²) in [6.07, 6.45) is -2.25. The van der Waals surface area contributed by atoms with E-state index >= 15 is 0 Å². The van der Waals surface area contributed by atoms with Crippen molar-refractivity contribution in [2.24, 2.45) is 5.16 Å². The van der Waals surface area contributed by atoms with Gasteiger partial charge >= 0.3 is 6.18 Å². The van der Waals surface area contributed by atoms with Gasteiger partial charge in [-0.2, -0.15) is 13.2 Å². The molecular weight excluding hydrogens is 478 g/mol. The third kappa shape index (κ3) is 4.58. The Hall–Kier alpha value is -2.97. The molecule has 10 heteroatoms. The van der Waals surface area contributed by atoms with Gasteiger partial charge in [0.2, 0.25) is 0 Å². The summed E-state index contributed by atoms with van der Waals surface area (Å²) in [5, 5.41) is 3.86. The molecule has 1 aliphatic heterocycles. The van der Waals surface area contributed by atoms with Crippen LogP contribution in [0.15, 0.2) is 60.0 Å². The first kappa shape index (κ1) is 23.2.